The molecule has 2 N–H and O–H groups in total. The number of unbranched alkanes of at least 4 members (excludes halogenated alkanes) is 8. The Hall–Kier alpha value is -2.14. The van der Waals surface area contributed by atoms with Gasteiger partial charge < -0.3 is 10.5 Å². The lowest BCUT2D eigenvalue weighted by atomic mass is 10.1. The van der Waals surface area contributed by atoms with Gasteiger partial charge in [0.25, 0.3) is 0 Å². The Balaban J connectivity index is 1.89. The fraction of sp³-hybridized carbons (Fsp3) is 0.600. The van der Waals surface area contributed by atoms with Crippen LogP contribution in [0.15, 0.2) is 30.5 Å². The number of nitrogens with zero attached hydrogens (tertiary/aromatic N) is 1. The number of hydrogen-bond acceptors (Lipinski definition) is 4. The molecule has 1 aromatic heterocycles. The van der Waals surface area contributed by atoms with Crippen molar-refractivity contribution in [3.63, 3.8) is 0 Å². The van der Waals surface area contributed by atoms with Gasteiger partial charge in [0.15, 0.2) is 0 Å². The summed E-state index contributed by atoms with van der Waals surface area (Å²) in [5.41, 5.74) is 7.80. The van der Waals surface area contributed by atoms with Gasteiger partial charge >= 0.3 is 5.97 Å². The van der Waals surface area contributed by atoms with Crippen LogP contribution < -0.4 is 5.73 Å². The first-order valence-corrected chi connectivity index (χ1v) is 11.6. The second-order valence-electron chi connectivity index (χ2n) is 8.08. The molecule has 1 unspecified atom stereocenters. The van der Waals surface area contributed by atoms with Crippen molar-refractivity contribution < 1.29 is 14.3 Å². The monoisotopic (exact) mass is 414 g/mol. The molecular formula is C25H38N2O3. The lowest BCUT2D eigenvalue weighted by Gasteiger charge is -2.09. The highest BCUT2D eigenvalue weighted by Crippen LogP contribution is 2.23. The smallest absolute Gasteiger partial charge is 0.323 e. The number of carbonyl (C=O) groups excluding carboxylic acids is 2. The molecule has 0 aliphatic heterocycles. The maximum atomic E-state index is 12.8. The minimum absolute atomic E-state index is 0.102. The predicted octanol–water partition coefficient (Wildman–Crippen LogP) is 5.64. The van der Waals surface area contributed by atoms with Crippen molar-refractivity contribution in [3.8, 4) is 0 Å². The molecule has 1 atom stereocenters. The lowest BCUT2D eigenvalue weighted by Crippen LogP contribution is -2.34. The second kappa shape index (κ2) is 13.2. The zero-order valence-corrected chi connectivity index (χ0v) is 18.7. The molecule has 5 heteroatoms. The summed E-state index contributed by atoms with van der Waals surface area (Å²) in [5, 5.41) is 0.970. The summed E-state index contributed by atoms with van der Waals surface area (Å²) in [7, 11) is 0. The summed E-state index contributed by atoms with van der Waals surface area (Å²) in [5.74, 6) is -0.305. The van der Waals surface area contributed by atoms with Gasteiger partial charge in [0.05, 0.1) is 12.1 Å². The maximum Gasteiger partial charge on any atom is 0.323 e. The van der Waals surface area contributed by atoms with E-state index in [2.05, 4.69) is 6.92 Å². The Morgan fingerprint density at radius 3 is 2.27 bits per heavy atom. The molecule has 0 saturated carbocycles. The van der Waals surface area contributed by atoms with Crippen LogP contribution in [0.5, 0.6) is 0 Å². The number of para-hydroxylation sites is 1. The Morgan fingerprint density at radius 2 is 1.60 bits per heavy atom. The lowest BCUT2D eigenvalue weighted by molar-refractivity contribution is -0.144. The molecule has 2 aromatic rings. The molecule has 1 aromatic carbocycles. The average molecular weight is 415 g/mol. The molecule has 1 heterocycles. The minimum atomic E-state index is -0.725. The van der Waals surface area contributed by atoms with E-state index in [4.69, 9.17) is 10.5 Å². The van der Waals surface area contributed by atoms with E-state index in [1.807, 2.05) is 30.5 Å². The fourth-order valence-electron chi connectivity index (χ4n) is 3.90. The summed E-state index contributed by atoms with van der Waals surface area (Å²) in [6.45, 7) is 4.32. The molecular weight excluding hydrogens is 376 g/mol. The van der Waals surface area contributed by atoms with Crippen LogP contribution in [-0.2, 0) is 16.0 Å². The predicted molar refractivity (Wildman–Crippen MR) is 123 cm³/mol. The van der Waals surface area contributed by atoms with Gasteiger partial charge in [0.1, 0.15) is 6.04 Å². The molecule has 0 aliphatic rings. The Labute approximate surface area is 181 Å². The van der Waals surface area contributed by atoms with Crippen molar-refractivity contribution in [1.82, 2.24) is 4.57 Å². The Bertz CT molecular complexity index is 797. The van der Waals surface area contributed by atoms with Gasteiger partial charge in [-0.2, -0.15) is 0 Å². The van der Waals surface area contributed by atoms with E-state index in [1.54, 1.807) is 11.5 Å². The van der Waals surface area contributed by atoms with Crippen molar-refractivity contribution in [3.05, 3.63) is 36.0 Å². The molecule has 2 rings (SSSR count). The molecule has 0 aliphatic carbocycles. The van der Waals surface area contributed by atoms with Gasteiger partial charge in [-0.3, -0.25) is 14.2 Å². The average Bonchev–Trinajstić information content (AvgIpc) is 3.11. The Kier molecular flexibility index (Phi) is 10.6. The van der Waals surface area contributed by atoms with Gasteiger partial charge in [-0.1, -0.05) is 76.5 Å². The largest absolute Gasteiger partial charge is 0.465 e. The first kappa shape index (κ1) is 24.1. The van der Waals surface area contributed by atoms with E-state index in [1.165, 1.54) is 44.9 Å². The van der Waals surface area contributed by atoms with Crippen LogP contribution in [0.25, 0.3) is 10.9 Å². The van der Waals surface area contributed by atoms with Crippen molar-refractivity contribution in [2.24, 2.45) is 5.73 Å². The number of ether oxygens (including phenoxy) is 1. The van der Waals surface area contributed by atoms with E-state index >= 15 is 0 Å². The molecule has 0 saturated heterocycles. The number of benzene rings is 1. The molecule has 166 valence electrons. The molecule has 0 spiro atoms. The third-order valence-corrected chi connectivity index (χ3v) is 5.59. The number of rotatable bonds is 14. The van der Waals surface area contributed by atoms with Crippen molar-refractivity contribution >= 4 is 22.8 Å². The van der Waals surface area contributed by atoms with Gasteiger partial charge in [0, 0.05) is 24.4 Å². The quantitative estimate of drug-likeness (QED) is 0.321. The van der Waals surface area contributed by atoms with Crippen LogP contribution in [0.1, 0.15) is 88.4 Å². The van der Waals surface area contributed by atoms with Crippen molar-refractivity contribution in [1.29, 1.82) is 0 Å². The summed E-state index contributed by atoms with van der Waals surface area (Å²) in [6.07, 6.45) is 13.8. The second-order valence-corrected chi connectivity index (χ2v) is 8.08. The Morgan fingerprint density at radius 1 is 0.967 bits per heavy atom. The highest BCUT2D eigenvalue weighted by atomic mass is 16.5. The van der Waals surface area contributed by atoms with Crippen LogP contribution in [0.3, 0.4) is 0 Å². The van der Waals surface area contributed by atoms with Gasteiger partial charge in [-0.25, -0.2) is 0 Å². The number of esters is 1. The molecule has 0 fully saturated rings. The molecule has 0 amide bonds. The van der Waals surface area contributed by atoms with E-state index < -0.39 is 12.0 Å². The summed E-state index contributed by atoms with van der Waals surface area (Å²) in [6, 6.07) is 7.07. The molecule has 0 radical (unpaired) electrons. The highest BCUT2D eigenvalue weighted by Gasteiger charge is 2.19. The van der Waals surface area contributed by atoms with E-state index in [0.29, 0.717) is 19.4 Å². The first-order chi connectivity index (χ1) is 14.6. The van der Waals surface area contributed by atoms with Crippen LogP contribution in [0, 0.1) is 0 Å². The molecule has 0 bridgehead atoms. The van der Waals surface area contributed by atoms with Crippen LogP contribution in [0.4, 0.5) is 0 Å². The topological polar surface area (TPSA) is 74.3 Å². The zero-order valence-electron chi connectivity index (χ0n) is 18.7. The summed E-state index contributed by atoms with van der Waals surface area (Å²) < 4.78 is 6.75. The number of carbonyl (C=O) groups is 2. The van der Waals surface area contributed by atoms with Gasteiger partial charge in [-0.05, 0) is 25.0 Å². The van der Waals surface area contributed by atoms with Crippen molar-refractivity contribution in [2.75, 3.05) is 6.61 Å². The van der Waals surface area contributed by atoms with E-state index in [9.17, 15) is 9.59 Å². The number of hydrogen-bond donors (Lipinski definition) is 1. The highest BCUT2D eigenvalue weighted by molar-refractivity contribution is 5.94. The SMILES string of the molecule is CCCCCCCCCCCC(=O)n1cc(CC(N)C(=O)OCC)c2ccccc21. The number of nitrogens with two attached hydrogens (primary N) is 1. The molecule has 5 nitrogen and oxygen atoms in total. The van der Waals surface area contributed by atoms with E-state index in [0.717, 1.165) is 29.3 Å². The van der Waals surface area contributed by atoms with Gasteiger partial charge in [-0.15, -0.1) is 0 Å². The fourth-order valence-corrected chi connectivity index (χ4v) is 3.90. The van der Waals surface area contributed by atoms with Crippen LogP contribution >= 0.6 is 0 Å². The first-order valence-electron chi connectivity index (χ1n) is 11.6. The normalized spacial score (nSPS) is 12.2. The zero-order chi connectivity index (χ0) is 21.8. The third-order valence-electron chi connectivity index (χ3n) is 5.59. The number of aromatic nitrogens is 1. The summed E-state index contributed by atoms with van der Waals surface area (Å²) in [4.78, 5) is 24.7. The minimum Gasteiger partial charge on any atom is -0.465 e. The molecule has 30 heavy (non-hydrogen) atoms. The summed E-state index contributed by atoms with van der Waals surface area (Å²) >= 11 is 0. The maximum absolute atomic E-state index is 12.8. The van der Waals surface area contributed by atoms with Crippen LogP contribution in [-0.4, -0.2) is 29.1 Å². The number of fused-ring (bicyclic) bond motifs is 1. The van der Waals surface area contributed by atoms with Crippen molar-refractivity contribution in [2.45, 2.75) is 90.5 Å². The van der Waals surface area contributed by atoms with E-state index in [-0.39, 0.29) is 5.91 Å². The van der Waals surface area contributed by atoms with Gasteiger partial charge in [0.2, 0.25) is 5.91 Å². The third kappa shape index (κ3) is 7.28. The van der Waals surface area contributed by atoms with Crippen LogP contribution in [0.2, 0.25) is 0 Å². The standard InChI is InChI=1S/C25H38N2O3/c1-3-5-6-7-8-9-10-11-12-17-24(28)27-19-20(18-22(26)25(29)30-4-2)21-15-13-14-16-23(21)27/h13-16,19,22H,3-12,17-18,26H2,1-2H3.